The number of imide groups is 2. The Bertz CT molecular complexity index is 713. The molecular weight excluding hydrogens is 290 g/mol. The van der Waals surface area contributed by atoms with Gasteiger partial charge in [-0.2, -0.15) is 0 Å². The van der Waals surface area contributed by atoms with Gasteiger partial charge in [0.05, 0.1) is 5.57 Å². The number of nitrogens with zero attached hydrogens (tertiary/aromatic N) is 1. The molecule has 1 saturated heterocycles. The number of fused-ring (bicyclic) bond motifs is 3. The molecule has 3 aliphatic heterocycles. The molecule has 1 aliphatic carbocycles. The van der Waals surface area contributed by atoms with E-state index in [4.69, 9.17) is 4.74 Å². The number of urea groups is 1. The van der Waals surface area contributed by atoms with Crippen LogP contribution in [-0.2, 0) is 19.1 Å². The number of barbiturate groups is 1. The summed E-state index contributed by atoms with van der Waals surface area (Å²) in [5.74, 6) is -2.17. The third kappa shape index (κ3) is 1.44. The highest BCUT2D eigenvalue weighted by Gasteiger charge is 2.62. The number of carbonyl (C=O) groups excluding carboxylic acids is 4. The summed E-state index contributed by atoms with van der Waals surface area (Å²) in [6.45, 7) is 0. The molecule has 8 heteroatoms. The lowest BCUT2D eigenvalue weighted by atomic mass is 9.86. The van der Waals surface area contributed by atoms with Crippen LogP contribution in [-0.4, -0.2) is 40.4 Å². The van der Waals surface area contributed by atoms with Crippen LogP contribution < -0.4 is 10.6 Å². The van der Waals surface area contributed by atoms with Crippen molar-refractivity contribution in [2.75, 3.05) is 0 Å². The number of allylic oxidation sites excluding steroid dienone is 3. The zero-order valence-corrected chi connectivity index (χ0v) is 11.3. The summed E-state index contributed by atoms with van der Waals surface area (Å²) in [7, 11) is 0. The van der Waals surface area contributed by atoms with Crippen LogP contribution >= 0.6 is 0 Å². The van der Waals surface area contributed by atoms with Gasteiger partial charge in [0.2, 0.25) is 0 Å². The standard InChI is InChI=1S/C14H11N3O5/c18-8-5-4-7-10(8)14(11(19)15-13(21)16-12(14)20)22-9-3-1-2-6-17(7)9/h1-3,6,9H,4-5H2,(H2,15,16,19,20,21). The lowest BCUT2D eigenvalue weighted by Gasteiger charge is -2.45. The van der Waals surface area contributed by atoms with E-state index < -0.39 is 29.7 Å². The summed E-state index contributed by atoms with van der Waals surface area (Å²) in [6, 6.07) is -0.918. The van der Waals surface area contributed by atoms with Crippen LogP contribution in [0.5, 0.6) is 0 Å². The van der Waals surface area contributed by atoms with Crippen molar-refractivity contribution >= 4 is 23.6 Å². The van der Waals surface area contributed by atoms with E-state index in [1.165, 1.54) is 0 Å². The van der Waals surface area contributed by atoms with Crippen LogP contribution in [0, 0.1) is 0 Å². The minimum atomic E-state index is -2.10. The van der Waals surface area contributed by atoms with Crippen molar-refractivity contribution < 1.29 is 23.9 Å². The van der Waals surface area contributed by atoms with Crippen molar-refractivity contribution in [2.45, 2.75) is 24.7 Å². The number of rotatable bonds is 0. The number of ether oxygens (including phenoxy) is 1. The summed E-state index contributed by atoms with van der Waals surface area (Å²) in [6.07, 6.45) is 6.84. The van der Waals surface area contributed by atoms with Crippen LogP contribution in [0.25, 0.3) is 0 Å². The van der Waals surface area contributed by atoms with Crippen molar-refractivity contribution in [3.05, 3.63) is 35.7 Å². The maximum Gasteiger partial charge on any atom is 0.328 e. The predicted molar refractivity (Wildman–Crippen MR) is 70.7 cm³/mol. The Morgan fingerprint density at radius 2 is 1.82 bits per heavy atom. The molecule has 112 valence electrons. The highest BCUT2D eigenvalue weighted by molar-refractivity contribution is 6.28. The van der Waals surface area contributed by atoms with E-state index in [2.05, 4.69) is 0 Å². The van der Waals surface area contributed by atoms with Gasteiger partial charge in [0, 0.05) is 18.3 Å². The molecular formula is C14H11N3O5. The first-order chi connectivity index (χ1) is 10.5. The van der Waals surface area contributed by atoms with Gasteiger partial charge in [-0.05, 0) is 18.6 Å². The Hall–Kier alpha value is -2.74. The Labute approximate surface area is 124 Å². The number of ketones is 1. The molecule has 0 aromatic rings. The topological polar surface area (TPSA) is 105 Å². The molecule has 1 fully saturated rings. The molecule has 0 radical (unpaired) electrons. The number of amides is 4. The van der Waals surface area contributed by atoms with Crippen molar-refractivity contribution in [1.29, 1.82) is 0 Å². The average Bonchev–Trinajstić information content (AvgIpc) is 2.87. The Morgan fingerprint density at radius 3 is 2.55 bits per heavy atom. The normalized spacial score (nSPS) is 28.7. The molecule has 4 aliphatic rings. The second-order valence-corrected chi connectivity index (χ2v) is 5.31. The molecule has 22 heavy (non-hydrogen) atoms. The quantitative estimate of drug-likeness (QED) is 0.582. The maximum atomic E-state index is 12.4. The van der Waals surface area contributed by atoms with Gasteiger partial charge in [-0.25, -0.2) is 4.79 Å². The largest absolute Gasteiger partial charge is 0.328 e. The fourth-order valence-electron chi connectivity index (χ4n) is 3.21. The highest BCUT2D eigenvalue weighted by Crippen LogP contribution is 2.43. The van der Waals surface area contributed by atoms with Crippen molar-refractivity contribution in [3.8, 4) is 0 Å². The Kier molecular flexibility index (Phi) is 2.44. The summed E-state index contributed by atoms with van der Waals surface area (Å²) < 4.78 is 5.71. The van der Waals surface area contributed by atoms with Gasteiger partial charge < -0.3 is 9.64 Å². The van der Waals surface area contributed by atoms with Gasteiger partial charge >= 0.3 is 6.03 Å². The first-order valence-corrected chi connectivity index (χ1v) is 6.79. The van der Waals surface area contributed by atoms with Gasteiger partial charge in [-0.15, -0.1) is 0 Å². The molecule has 4 amide bonds. The van der Waals surface area contributed by atoms with E-state index in [0.717, 1.165) is 0 Å². The number of hydrogen-bond acceptors (Lipinski definition) is 6. The zero-order chi connectivity index (χ0) is 15.5. The number of nitrogens with one attached hydrogen (secondary N) is 2. The predicted octanol–water partition coefficient (Wildman–Crippen LogP) is -0.550. The second kappa shape index (κ2) is 4.14. The van der Waals surface area contributed by atoms with E-state index in [-0.39, 0.29) is 17.8 Å². The smallest absolute Gasteiger partial charge is 0.324 e. The molecule has 1 unspecified atom stereocenters. The SMILES string of the molecule is O=C1NC(=O)C2(OC3C=CC=CN3C3=C2C(=O)CC3)C(=O)N1. The molecule has 0 bridgehead atoms. The zero-order valence-electron chi connectivity index (χ0n) is 11.3. The number of carbonyl (C=O) groups is 4. The molecule has 1 atom stereocenters. The van der Waals surface area contributed by atoms with Gasteiger partial charge in [0.1, 0.15) is 0 Å². The molecule has 0 aromatic heterocycles. The van der Waals surface area contributed by atoms with E-state index in [9.17, 15) is 19.2 Å². The van der Waals surface area contributed by atoms with Gasteiger partial charge in [0.15, 0.2) is 12.0 Å². The Balaban J connectivity index is 1.93. The van der Waals surface area contributed by atoms with E-state index in [0.29, 0.717) is 12.1 Å². The number of Topliss-reactive ketones (excluding diaryl/α,β-unsaturated/α-hetero) is 1. The summed E-state index contributed by atoms with van der Waals surface area (Å²) in [4.78, 5) is 50.1. The van der Waals surface area contributed by atoms with Crippen molar-refractivity contribution in [1.82, 2.24) is 15.5 Å². The van der Waals surface area contributed by atoms with Crippen LogP contribution in [0.4, 0.5) is 4.79 Å². The second-order valence-electron chi connectivity index (χ2n) is 5.31. The van der Waals surface area contributed by atoms with Gasteiger partial charge in [0.25, 0.3) is 17.4 Å². The Morgan fingerprint density at radius 1 is 1.09 bits per heavy atom. The summed E-state index contributed by atoms with van der Waals surface area (Å²) in [5.41, 5.74) is -1.50. The highest BCUT2D eigenvalue weighted by atomic mass is 16.5. The van der Waals surface area contributed by atoms with E-state index >= 15 is 0 Å². The molecule has 3 heterocycles. The molecule has 2 N–H and O–H groups in total. The van der Waals surface area contributed by atoms with E-state index in [1.807, 2.05) is 10.6 Å². The van der Waals surface area contributed by atoms with E-state index in [1.54, 1.807) is 29.3 Å². The van der Waals surface area contributed by atoms with Crippen molar-refractivity contribution in [2.24, 2.45) is 0 Å². The molecule has 0 saturated carbocycles. The van der Waals surface area contributed by atoms with Crippen LogP contribution in [0.2, 0.25) is 0 Å². The lowest BCUT2D eigenvalue weighted by Crippen LogP contribution is -2.71. The fraction of sp³-hybridized carbons (Fsp3) is 0.286. The summed E-state index contributed by atoms with van der Waals surface area (Å²) >= 11 is 0. The van der Waals surface area contributed by atoms with Crippen LogP contribution in [0.1, 0.15) is 12.8 Å². The van der Waals surface area contributed by atoms with Crippen molar-refractivity contribution in [3.63, 3.8) is 0 Å². The fourth-order valence-corrected chi connectivity index (χ4v) is 3.21. The van der Waals surface area contributed by atoms with Gasteiger partial charge in [-0.3, -0.25) is 25.0 Å². The monoisotopic (exact) mass is 301 g/mol. The first kappa shape index (κ1) is 13.0. The minimum Gasteiger partial charge on any atom is -0.324 e. The van der Waals surface area contributed by atoms with Crippen LogP contribution in [0.3, 0.4) is 0 Å². The first-order valence-electron chi connectivity index (χ1n) is 6.79. The molecule has 4 rings (SSSR count). The maximum absolute atomic E-state index is 12.4. The third-order valence-electron chi connectivity index (χ3n) is 4.12. The molecule has 1 spiro atoms. The number of hydrogen-bond donors (Lipinski definition) is 2. The third-order valence-corrected chi connectivity index (χ3v) is 4.12. The minimum absolute atomic E-state index is 0.0196. The van der Waals surface area contributed by atoms with Crippen LogP contribution in [0.15, 0.2) is 35.7 Å². The van der Waals surface area contributed by atoms with Gasteiger partial charge in [-0.1, -0.05) is 6.08 Å². The molecule has 8 nitrogen and oxygen atoms in total. The average molecular weight is 301 g/mol. The molecule has 0 aromatic carbocycles. The lowest BCUT2D eigenvalue weighted by molar-refractivity contribution is -0.172. The summed E-state index contributed by atoms with van der Waals surface area (Å²) in [5, 5.41) is 4.03.